The highest BCUT2D eigenvalue weighted by atomic mass is 32.2. The van der Waals surface area contributed by atoms with Crippen LogP contribution >= 0.6 is 0 Å². The predicted octanol–water partition coefficient (Wildman–Crippen LogP) is 2.02. The van der Waals surface area contributed by atoms with Gasteiger partial charge in [-0.05, 0) is 23.6 Å². The molecule has 0 aliphatic rings. The summed E-state index contributed by atoms with van der Waals surface area (Å²) in [6, 6.07) is 5.93. The van der Waals surface area contributed by atoms with Gasteiger partial charge in [0.05, 0.1) is 0 Å². The number of carbonyl (C=O) groups is 1. The van der Waals surface area contributed by atoms with Crippen molar-refractivity contribution >= 4 is 16.1 Å². The first kappa shape index (κ1) is 17.6. The molecule has 0 bridgehead atoms. The molecular weight excluding hydrogens is 295 g/mol. The second-order valence-electron chi connectivity index (χ2n) is 4.77. The second kappa shape index (κ2) is 7.51. The van der Waals surface area contributed by atoms with Crippen LogP contribution in [-0.4, -0.2) is 31.7 Å². The van der Waals surface area contributed by atoms with Crippen molar-refractivity contribution < 1.29 is 17.6 Å². The van der Waals surface area contributed by atoms with Gasteiger partial charge >= 0.3 is 10.2 Å². The number of nitrogens with one attached hydrogen (secondary N) is 1. The molecule has 1 rings (SSSR count). The van der Waals surface area contributed by atoms with Crippen molar-refractivity contribution in [3.05, 3.63) is 35.6 Å². The van der Waals surface area contributed by atoms with Gasteiger partial charge in [0.2, 0.25) is 5.91 Å². The molecule has 7 heteroatoms. The van der Waals surface area contributed by atoms with E-state index in [2.05, 4.69) is 0 Å². The van der Waals surface area contributed by atoms with Gasteiger partial charge in [0.1, 0.15) is 5.82 Å². The van der Waals surface area contributed by atoms with E-state index in [4.69, 9.17) is 0 Å². The minimum Gasteiger partial charge on any atom is -0.274 e. The van der Waals surface area contributed by atoms with Crippen LogP contribution in [-0.2, 0) is 15.0 Å². The van der Waals surface area contributed by atoms with Gasteiger partial charge < -0.3 is 0 Å². The highest BCUT2D eigenvalue weighted by Gasteiger charge is 2.22. The van der Waals surface area contributed by atoms with Crippen LogP contribution in [0.15, 0.2) is 24.3 Å². The first-order valence-corrected chi connectivity index (χ1v) is 8.30. The van der Waals surface area contributed by atoms with Crippen molar-refractivity contribution in [1.82, 2.24) is 9.03 Å². The van der Waals surface area contributed by atoms with Crippen LogP contribution in [0.5, 0.6) is 0 Å². The number of benzene rings is 1. The highest BCUT2D eigenvalue weighted by Crippen LogP contribution is 2.19. The molecule has 1 amide bonds. The molecule has 0 fully saturated rings. The van der Waals surface area contributed by atoms with Crippen molar-refractivity contribution in [2.75, 3.05) is 13.1 Å². The van der Waals surface area contributed by atoms with Crippen LogP contribution < -0.4 is 4.72 Å². The van der Waals surface area contributed by atoms with E-state index < -0.39 is 16.1 Å². The summed E-state index contributed by atoms with van der Waals surface area (Å²) in [5.41, 5.74) is 0.658. The minimum atomic E-state index is -3.80. The van der Waals surface area contributed by atoms with Crippen molar-refractivity contribution in [2.24, 2.45) is 0 Å². The summed E-state index contributed by atoms with van der Waals surface area (Å²) in [6.07, 6.45) is -0.0239. The third-order valence-corrected chi connectivity index (χ3v) is 4.88. The smallest absolute Gasteiger partial charge is 0.274 e. The highest BCUT2D eigenvalue weighted by molar-refractivity contribution is 7.87. The molecule has 0 aliphatic carbocycles. The molecular formula is C14H21FN2O3S. The lowest BCUT2D eigenvalue weighted by atomic mass is 9.98. The van der Waals surface area contributed by atoms with Crippen molar-refractivity contribution in [3.63, 3.8) is 0 Å². The van der Waals surface area contributed by atoms with Crippen LogP contribution in [0.4, 0.5) is 4.39 Å². The molecule has 5 nitrogen and oxygen atoms in total. The fourth-order valence-electron chi connectivity index (χ4n) is 2.02. The number of hydrogen-bond acceptors (Lipinski definition) is 3. The first-order chi connectivity index (χ1) is 9.80. The molecule has 21 heavy (non-hydrogen) atoms. The summed E-state index contributed by atoms with van der Waals surface area (Å²) in [6.45, 7) is 5.72. The van der Waals surface area contributed by atoms with Crippen LogP contribution in [0, 0.1) is 5.82 Å². The van der Waals surface area contributed by atoms with Crippen LogP contribution in [0.25, 0.3) is 0 Å². The summed E-state index contributed by atoms with van der Waals surface area (Å²) < 4.78 is 40.2. The fourth-order valence-corrected chi connectivity index (χ4v) is 3.20. The molecule has 0 aliphatic heterocycles. The van der Waals surface area contributed by atoms with Gasteiger partial charge in [-0.2, -0.15) is 12.7 Å². The lowest BCUT2D eigenvalue weighted by molar-refractivity contribution is -0.119. The monoisotopic (exact) mass is 316 g/mol. The average molecular weight is 316 g/mol. The maximum absolute atomic E-state index is 13.1. The van der Waals surface area contributed by atoms with Gasteiger partial charge in [-0.1, -0.05) is 32.9 Å². The Hall–Kier alpha value is -1.47. The minimum absolute atomic E-state index is 0.0239. The zero-order valence-electron chi connectivity index (χ0n) is 12.5. The number of hydrogen-bond donors (Lipinski definition) is 1. The van der Waals surface area contributed by atoms with E-state index in [1.807, 2.05) is 4.72 Å². The molecule has 0 saturated carbocycles. The topological polar surface area (TPSA) is 66.5 Å². The Kier molecular flexibility index (Phi) is 6.29. The van der Waals surface area contributed by atoms with E-state index in [1.54, 1.807) is 32.9 Å². The molecule has 1 aromatic carbocycles. The third-order valence-electron chi connectivity index (χ3n) is 3.20. The average Bonchev–Trinajstić information content (AvgIpc) is 2.38. The first-order valence-electron chi connectivity index (χ1n) is 6.86. The number of carbonyl (C=O) groups excluding carboxylic acids is 1. The Morgan fingerprint density at radius 1 is 1.33 bits per heavy atom. The summed E-state index contributed by atoms with van der Waals surface area (Å²) >= 11 is 0. The Labute approximate surface area is 125 Å². The maximum atomic E-state index is 13.1. The Bertz CT molecular complexity index is 586. The fraction of sp³-hybridized carbons (Fsp3) is 0.500. The normalized spacial score (nSPS) is 13.2. The SMILES string of the molecule is CCN(CC)S(=O)(=O)NC(=O)CC(C)c1cccc(F)c1. The molecule has 0 saturated heterocycles. The molecule has 0 aromatic heterocycles. The van der Waals surface area contributed by atoms with Crippen molar-refractivity contribution in [1.29, 1.82) is 0 Å². The molecule has 0 heterocycles. The van der Waals surface area contributed by atoms with Gasteiger partial charge in [0.15, 0.2) is 0 Å². The largest absolute Gasteiger partial charge is 0.303 e. The van der Waals surface area contributed by atoms with Crippen LogP contribution in [0.3, 0.4) is 0 Å². The Balaban J connectivity index is 2.69. The van der Waals surface area contributed by atoms with Crippen LogP contribution in [0.1, 0.15) is 38.7 Å². The van der Waals surface area contributed by atoms with Crippen molar-refractivity contribution in [2.45, 2.75) is 33.1 Å². The number of amides is 1. The van der Waals surface area contributed by atoms with Gasteiger partial charge in [-0.15, -0.1) is 0 Å². The molecule has 1 atom stereocenters. The van der Waals surface area contributed by atoms with Gasteiger partial charge in [-0.25, -0.2) is 9.11 Å². The zero-order valence-corrected chi connectivity index (χ0v) is 13.3. The number of halogens is 1. The standard InChI is InChI=1S/C14H21FN2O3S/c1-4-17(5-2)21(19,20)16-14(18)9-11(3)12-7-6-8-13(15)10-12/h6-8,10-11H,4-5,9H2,1-3H3,(H,16,18). The van der Waals surface area contributed by atoms with Crippen LogP contribution in [0.2, 0.25) is 0 Å². The number of nitrogens with zero attached hydrogens (tertiary/aromatic N) is 1. The molecule has 1 unspecified atom stereocenters. The summed E-state index contributed by atoms with van der Waals surface area (Å²) in [4.78, 5) is 11.9. The Morgan fingerprint density at radius 3 is 2.48 bits per heavy atom. The molecule has 1 N–H and O–H groups in total. The molecule has 0 spiro atoms. The summed E-state index contributed by atoms with van der Waals surface area (Å²) in [7, 11) is -3.80. The lowest BCUT2D eigenvalue weighted by Crippen LogP contribution is -2.43. The lowest BCUT2D eigenvalue weighted by Gasteiger charge is -2.19. The van der Waals surface area contributed by atoms with E-state index in [1.165, 1.54) is 12.1 Å². The van der Waals surface area contributed by atoms with E-state index in [0.29, 0.717) is 18.7 Å². The Morgan fingerprint density at radius 2 is 1.95 bits per heavy atom. The van der Waals surface area contributed by atoms with Crippen molar-refractivity contribution in [3.8, 4) is 0 Å². The third kappa shape index (κ3) is 5.09. The van der Waals surface area contributed by atoms with E-state index in [-0.39, 0.29) is 18.2 Å². The molecule has 1 aromatic rings. The molecule has 0 radical (unpaired) electrons. The van der Waals surface area contributed by atoms with Gasteiger partial charge in [0.25, 0.3) is 0 Å². The summed E-state index contributed by atoms with van der Waals surface area (Å²) in [5, 5.41) is 0. The zero-order chi connectivity index (χ0) is 16.0. The van der Waals surface area contributed by atoms with E-state index in [9.17, 15) is 17.6 Å². The van der Waals surface area contributed by atoms with Gasteiger partial charge in [-0.3, -0.25) is 4.79 Å². The number of rotatable bonds is 7. The molecule has 118 valence electrons. The van der Waals surface area contributed by atoms with E-state index in [0.717, 1.165) is 4.31 Å². The second-order valence-corrected chi connectivity index (χ2v) is 6.45. The maximum Gasteiger partial charge on any atom is 0.303 e. The quantitative estimate of drug-likeness (QED) is 0.837. The van der Waals surface area contributed by atoms with E-state index >= 15 is 0 Å². The van der Waals surface area contributed by atoms with Gasteiger partial charge in [0, 0.05) is 19.5 Å². The summed E-state index contributed by atoms with van der Waals surface area (Å²) in [5.74, 6) is -1.25. The predicted molar refractivity (Wildman–Crippen MR) is 79.4 cm³/mol.